The molecule has 126 valence electrons. The molecule has 1 saturated carbocycles. The Balaban J connectivity index is 1.82. The van der Waals surface area contributed by atoms with E-state index >= 15 is 0 Å². The fraction of sp³-hybridized carbons (Fsp3) is 0.368. The average molecular weight is 326 g/mol. The number of carbonyl (C=O) groups is 1. The van der Waals surface area contributed by atoms with Crippen molar-refractivity contribution in [2.75, 3.05) is 13.7 Å². The predicted molar refractivity (Wildman–Crippen MR) is 91.3 cm³/mol. The summed E-state index contributed by atoms with van der Waals surface area (Å²) in [6.07, 6.45) is 5.63. The summed E-state index contributed by atoms with van der Waals surface area (Å²) < 4.78 is 10.9. The van der Waals surface area contributed by atoms with Crippen molar-refractivity contribution in [3.8, 4) is 11.5 Å². The zero-order valence-corrected chi connectivity index (χ0v) is 14.1. The normalized spacial score (nSPS) is 13.4. The van der Waals surface area contributed by atoms with Gasteiger partial charge in [0, 0.05) is 30.5 Å². The first-order chi connectivity index (χ1) is 11.7. The van der Waals surface area contributed by atoms with E-state index in [1.807, 2.05) is 24.0 Å². The Morgan fingerprint density at radius 1 is 1.21 bits per heavy atom. The molecule has 24 heavy (non-hydrogen) atoms. The number of hydrogen-bond acceptors (Lipinski definition) is 4. The number of carbonyl (C=O) groups excluding carboxylic acids is 1. The molecule has 3 rings (SSSR count). The number of ether oxygens (including phenoxy) is 2. The van der Waals surface area contributed by atoms with Crippen LogP contribution in [0.1, 0.15) is 35.7 Å². The maximum atomic E-state index is 13.0. The highest BCUT2D eigenvalue weighted by Gasteiger charge is 2.33. The lowest BCUT2D eigenvalue weighted by molar-refractivity contribution is 0.0729. The summed E-state index contributed by atoms with van der Waals surface area (Å²) in [5, 5.41) is 0. The summed E-state index contributed by atoms with van der Waals surface area (Å²) in [6.45, 7) is 3.07. The van der Waals surface area contributed by atoms with Crippen molar-refractivity contribution >= 4 is 5.91 Å². The van der Waals surface area contributed by atoms with Crippen LogP contribution in [0.15, 0.2) is 42.7 Å². The van der Waals surface area contributed by atoms with Gasteiger partial charge in [-0.3, -0.25) is 9.78 Å². The second-order valence-electron chi connectivity index (χ2n) is 5.82. The van der Waals surface area contributed by atoms with E-state index in [0.717, 1.165) is 18.4 Å². The Labute approximate surface area is 142 Å². The number of hydrogen-bond donors (Lipinski definition) is 0. The minimum Gasteiger partial charge on any atom is -0.493 e. The molecule has 0 bridgehead atoms. The average Bonchev–Trinajstić information content (AvgIpc) is 3.45. The van der Waals surface area contributed by atoms with Crippen molar-refractivity contribution in [2.45, 2.75) is 32.4 Å². The first-order valence-electron chi connectivity index (χ1n) is 8.23. The van der Waals surface area contributed by atoms with Gasteiger partial charge in [-0.2, -0.15) is 0 Å². The van der Waals surface area contributed by atoms with Crippen molar-refractivity contribution < 1.29 is 14.3 Å². The standard InChI is InChI=1S/C19H22N2O3/c1-3-24-17-7-4-15(12-18(17)23-2)19(22)21(16-5-6-16)13-14-8-10-20-11-9-14/h4,7-12,16H,3,5-6,13H2,1-2H3. The summed E-state index contributed by atoms with van der Waals surface area (Å²) in [6, 6.07) is 9.58. The van der Waals surface area contributed by atoms with Crippen molar-refractivity contribution in [1.82, 2.24) is 9.88 Å². The minimum absolute atomic E-state index is 0.0238. The van der Waals surface area contributed by atoms with Gasteiger partial charge in [-0.1, -0.05) is 0 Å². The van der Waals surface area contributed by atoms with E-state index in [4.69, 9.17) is 9.47 Å². The minimum atomic E-state index is 0.0238. The summed E-state index contributed by atoms with van der Waals surface area (Å²) in [5.74, 6) is 1.27. The molecule has 1 amide bonds. The second kappa shape index (κ2) is 7.34. The Kier molecular flexibility index (Phi) is 4.99. The third-order valence-electron chi connectivity index (χ3n) is 4.06. The fourth-order valence-electron chi connectivity index (χ4n) is 2.68. The van der Waals surface area contributed by atoms with Crippen LogP contribution in [0.4, 0.5) is 0 Å². The van der Waals surface area contributed by atoms with Gasteiger partial charge in [-0.05, 0) is 55.7 Å². The zero-order chi connectivity index (χ0) is 16.9. The van der Waals surface area contributed by atoms with Crippen LogP contribution in [0.25, 0.3) is 0 Å². The van der Waals surface area contributed by atoms with Crippen molar-refractivity contribution in [3.63, 3.8) is 0 Å². The van der Waals surface area contributed by atoms with E-state index in [1.165, 1.54) is 0 Å². The first-order valence-corrected chi connectivity index (χ1v) is 8.23. The number of methoxy groups -OCH3 is 1. The maximum Gasteiger partial charge on any atom is 0.254 e. The number of aromatic nitrogens is 1. The Bertz CT molecular complexity index is 699. The van der Waals surface area contributed by atoms with E-state index in [-0.39, 0.29) is 5.91 Å². The van der Waals surface area contributed by atoms with Gasteiger partial charge in [0.05, 0.1) is 13.7 Å². The molecular weight excluding hydrogens is 304 g/mol. The number of amides is 1. The number of rotatable bonds is 7. The third-order valence-corrected chi connectivity index (χ3v) is 4.06. The van der Waals surface area contributed by atoms with Crippen LogP contribution in [0.2, 0.25) is 0 Å². The van der Waals surface area contributed by atoms with E-state index in [1.54, 1.807) is 37.7 Å². The van der Waals surface area contributed by atoms with Gasteiger partial charge in [-0.25, -0.2) is 0 Å². The molecule has 1 aromatic heterocycles. The summed E-state index contributed by atoms with van der Waals surface area (Å²) >= 11 is 0. The molecular formula is C19H22N2O3. The quantitative estimate of drug-likeness (QED) is 0.783. The highest BCUT2D eigenvalue weighted by atomic mass is 16.5. The maximum absolute atomic E-state index is 13.0. The molecule has 0 spiro atoms. The van der Waals surface area contributed by atoms with Crippen molar-refractivity contribution in [2.24, 2.45) is 0 Å². The topological polar surface area (TPSA) is 51.7 Å². The third kappa shape index (κ3) is 3.67. The molecule has 1 heterocycles. The molecule has 0 aliphatic heterocycles. The van der Waals surface area contributed by atoms with Gasteiger partial charge >= 0.3 is 0 Å². The molecule has 0 radical (unpaired) electrons. The van der Waals surface area contributed by atoms with Gasteiger partial charge in [0.1, 0.15) is 0 Å². The molecule has 1 fully saturated rings. The summed E-state index contributed by atoms with van der Waals surface area (Å²) in [4.78, 5) is 18.9. The highest BCUT2D eigenvalue weighted by molar-refractivity contribution is 5.95. The summed E-state index contributed by atoms with van der Waals surface area (Å²) in [7, 11) is 1.59. The lowest BCUT2D eigenvalue weighted by Crippen LogP contribution is -2.32. The summed E-state index contributed by atoms with van der Waals surface area (Å²) in [5.41, 5.74) is 1.71. The lowest BCUT2D eigenvalue weighted by Gasteiger charge is -2.23. The van der Waals surface area contributed by atoms with Crippen molar-refractivity contribution in [1.29, 1.82) is 0 Å². The monoisotopic (exact) mass is 326 g/mol. The Morgan fingerprint density at radius 2 is 1.96 bits per heavy atom. The number of nitrogens with zero attached hydrogens (tertiary/aromatic N) is 2. The van der Waals surface area contributed by atoms with E-state index in [2.05, 4.69) is 4.98 Å². The van der Waals surface area contributed by atoms with Crippen LogP contribution >= 0.6 is 0 Å². The molecule has 1 aromatic carbocycles. The van der Waals surface area contributed by atoms with E-state index < -0.39 is 0 Å². The Morgan fingerprint density at radius 3 is 2.58 bits per heavy atom. The van der Waals surface area contributed by atoms with E-state index in [0.29, 0.717) is 36.3 Å². The van der Waals surface area contributed by atoms with Gasteiger partial charge in [0.2, 0.25) is 0 Å². The SMILES string of the molecule is CCOc1ccc(C(=O)N(Cc2ccncc2)C2CC2)cc1OC. The van der Waals surface area contributed by atoms with Crippen LogP contribution in [0.3, 0.4) is 0 Å². The molecule has 5 heteroatoms. The molecule has 0 unspecified atom stereocenters. The lowest BCUT2D eigenvalue weighted by atomic mass is 10.1. The van der Waals surface area contributed by atoms with Crippen molar-refractivity contribution in [3.05, 3.63) is 53.9 Å². The van der Waals surface area contributed by atoms with Gasteiger partial charge in [0.25, 0.3) is 5.91 Å². The van der Waals surface area contributed by atoms with Crippen LogP contribution in [-0.2, 0) is 6.54 Å². The van der Waals surface area contributed by atoms with Crippen LogP contribution in [-0.4, -0.2) is 35.5 Å². The van der Waals surface area contributed by atoms with Crippen LogP contribution in [0, 0.1) is 0 Å². The van der Waals surface area contributed by atoms with Gasteiger partial charge in [-0.15, -0.1) is 0 Å². The smallest absolute Gasteiger partial charge is 0.254 e. The first kappa shape index (κ1) is 16.3. The highest BCUT2D eigenvalue weighted by Crippen LogP contribution is 2.32. The molecule has 1 aliphatic rings. The largest absolute Gasteiger partial charge is 0.493 e. The molecule has 0 saturated heterocycles. The van der Waals surface area contributed by atoms with Crippen LogP contribution in [0.5, 0.6) is 11.5 Å². The second-order valence-corrected chi connectivity index (χ2v) is 5.82. The van der Waals surface area contributed by atoms with E-state index in [9.17, 15) is 4.79 Å². The molecule has 2 aromatic rings. The number of benzene rings is 1. The number of pyridine rings is 1. The zero-order valence-electron chi connectivity index (χ0n) is 14.1. The fourth-order valence-corrected chi connectivity index (χ4v) is 2.68. The Hall–Kier alpha value is -2.56. The predicted octanol–water partition coefficient (Wildman–Crippen LogP) is 3.29. The molecule has 5 nitrogen and oxygen atoms in total. The van der Waals surface area contributed by atoms with Gasteiger partial charge in [0.15, 0.2) is 11.5 Å². The van der Waals surface area contributed by atoms with Crippen LogP contribution < -0.4 is 9.47 Å². The van der Waals surface area contributed by atoms with Gasteiger partial charge < -0.3 is 14.4 Å². The molecule has 0 atom stereocenters. The molecule has 1 aliphatic carbocycles. The molecule has 0 N–H and O–H groups in total.